The number of hydrogen-bond acceptors (Lipinski definition) is 2. The predicted molar refractivity (Wildman–Crippen MR) is 44.9 cm³/mol. The molecule has 68 valence electrons. The fourth-order valence-corrected chi connectivity index (χ4v) is 2.37. The van der Waals surface area contributed by atoms with Crippen LogP contribution >= 0.6 is 0 Å². The van der Waals surface area contributed by atoms with Crippen LogP contribution in [0.1, 0.15) is 19.8 Å². The minimum Gasteiger partial charge on any atom is -0.481 e. The lowest BCUT2D eigenvalue weighted by molar-refractivity contribution is -0.145. The van der Waals surface area contributed by atoms with Crippen molar-refractivity contribution in [2.75, 3.05) is 19.6 Å². The molecule has 0 aromatic rings. The molecule has 12 heavy (non-hydrogen) atoms. The first-order valence-corrected chi connectivity index (χ1v) is 4.65. The molecule has 3 nitrogen and oxygen atoms in total. The van der Waals surface area contributed by atoms with Gasteiger partial charge in [0.25, 0.3) is 0 Å². The Labute approximate surface area is 72.4 Å². The van der Waals surface area contributed by atoms with Gasteiger partial charge in [-0.15, -0.1) is 0 Å². The molecule has 1 saturated carbocycles. The molecule has 0 aromatic carbocycles. The fourth-order valence-electron chi connectivity index (χ4n) is 2.37. The number of carbonyl (C=O) groups is 1. The van der Waals surface area contributed by atoms with Crippen LogP contribution in [-0.2, 0) is 4.79 Å². The van der Waals surface area contributed by atoms with Gasteiger partial charge < -0.3 is 10.0 Å². The standard InChI is InChI=1S/C9H15NO2/c1-2-10-4-3-7-5-9(7,6-10)8(11)12/h7H,2-6H2,1H3,(H,11,12). The molecule has 1 saturated heterocycles. The Morgan fingerprint density at radius 2 is 2.50 bits per heavy atom. The monoisotopic (exact) mass is 169 g/mol. The second-order valence-electron chi connectivity index (χ2n) is 4.02. The quantitative estimate of drug-likeness (QED) is 0.664. The van der Waals surface area contributed by atoms with Crippen molar-refractivity contribution < 1.29 is 9.90 Å². The lowest BCUT2D eigenvalue weighted by atomic mass is 9.97. The maximum absolute atomic E-state index is 11.0. The van der Waals surface area contributed by atoms with Crippen LogP contribution in [0.25, 0.3) is 0 Å². The maximum Gasteiger partial charge on any atom is 0.311 e. The minimum absolute atomic E-state index is 0.339. The first-order chi connectivity index (χ1) is 5.69. The Hall–Kier alpha value is -0.570. The maximum atomic E-state index is 11.0. The van der Waals surface area contributed by atoms with Crippen LogP contribution < -0.4 is 0 Å². The summed E-state index contributed by atoms with van der Waals surface area (Å²) >= 11 is 0. The molecule has 1 heterocycles. The Balaban J connectivity index is 2.06. The molecule has 3 heteroatoms. The lowest BCUT2D eigenvalue weighted by Crippen LogP contribution is -2.40. The van der Waals surface area contributed by atoms with E-state index in [4.69, 9.17) is 5.11 Å². The average Bonchev–Trinajstić information content (AvgIpc) is 2.78. The number of carboxylic acid groups (broad SMARTS) is 1. The summed E-state index contributed by atoms with van der Waals surface area (Å²) in [7, 11) is 0. The molecule has 0 radical (unpaired) electrons. The van der Waals surface area contributed by atoms with Crippen molar-refractivity contribution in [1.29, 1.82) is 0 Å². The molecule has 2 fully saturated rings. The summed E-state index contributed by atoms with van der Waals surface area (Å²) < 4.78 is 0. The SMILES string of the molecule is CCN1CCC2CC2(C(=O)O)C1. The van der Waals surface area contributed by atoms with Crippen LogP contribution in [0.3, 0.4) is 0 Å². The zero-order chi connectivity index (χ0) is 8.77. The Morgan fingerprint density at radius 3 is 3.08 bits per heavy atom. The molecule has 2 unspecified atom stereocenters. The molecule has 2 atom stereocenters. The van der Waals surface area contributed by atoms with Crippen LogP contribution in [0.15, 0.2) is 0 Å². The van der Waals surface area contributed by atoms with Gasteiger partial charge in [-0.2, -0.15) is 0 Å². The number of fused-ring (bicyclic) bond motifs is 1. The number of hydrogen-bond donors (Lipinski definition) is 1. The van der Waals surface area contributed by atoms with Gasteiger partial charge in [-0.3, -0.25) is 4.79 Å². The van der Waals surface area contributed by atoms with Gasteiger partial charge in [0.1, 0.15) is 0 Å². The van der Waals surface area contributed by atoms with Crippen LogP contribution in [0.2, 0.25) is 0 Å². The summed E-state index contributed by atoms with van der Waals surface area (Å²) in [5, 5.41) is 9.03. The summed E-state index contributed by atoms with van der Waals surface area (Å²) in [6.07, 6.45) is 2.00. The highest BCUT2D eigenvalue weighted by Crippen LogP contribution is 2.57. The summed E-state index contributed by atoms with van der Waals surface area (Å²) in [6, 6.07) is 0. The van der Waals surface area contributed by atoms with Crippen LogP contribution in [0.4, 0.5) is 0 Å². The molecular weight excluding hydrogens is 154 g/mol. The van der Waals surface area contributed by atoms with E-state index in [9.17, 15) is 4.79 Å². The van der Waals surface area contributed by atoms with E-state index in [2.05, 4.69) is 11.8 Å². The highest BCUT2D eigenvalue weighted by molar-refractivity contribution is 5.79. The number of aliphatic carboxylic acids is 1. The van der Waals surface area contributed by atoms with E-state index in [1.54, 1.807) is 0 Å². The van der Waals surface area contributed by atoms with E-state index in [0.29, 0.717) is 5.92 Å². The van der Waals surface area contributed by atoms with E-state index < -0.39 is 5.97 Å². The van der Waals surface area contributed by atoms with Crippen LogP contribution in [-0.4, -0.2) is 35.6 Å². The summed E-state index contributed by atoms with van der Waals surface area (Å²) in [4.78, 5) is 13.2. The Morgan fingerprint density at radius 1 is 1.75 bits per heavy atom. The van der Waals surface area contributed by atoms with Gasteiger partial charge in [0.05, 0.1) is 5.41 Å². The smallest absolute Gasteiger partial charge is 0.311 e. The van der Waals surface area contributed by atoms with E-state index in [0.717, 1.165) is 32.5 Å². The van der Waals surface area contributed by atoms with Crippen molar-refractivity contribution in [2.24, 2.45) is 11.3 Å². The minimum atomic E-state index is -0.578. The molecule has 1 N–H and O–H groups in total. The van der Waals surface area contributed by atoms with E-state index in [-0.39, 0.29) is 5.41 Å². The number of carboxylic acids is 1. The van der Waals surface area contributed by atoms with Gasteiger partial charge in [0.15, 0.2) is 0 Å². The second kappa shape index (κ2) is 2.46. The third-order valence-corrected chi connectivity index (χ3v) is 3.40. The largest absolute Gasteiger partial charge is 0.481 e. The van der Waals surface area contributed by atoms with Crippen molar-refractivity contribution in [1.82, 2.24) is 4.90 Å². The van der Waals surface area contributed by atoms with Gasteiger partial charge in [0.2, 0.25) is 0 Å². The molecule has 2 aliphatic rings. The van der Waals surface area contributed by atoms with E-state index >= 15 is 0 Å². The molecule has 0 aromatic heterocycles. The van der Waals surface area contributed by atoms with Crippen LogP contribution in [0.5, 0.6) is 0 Å². The second-order valence-corrected chi connectivity index (χ2v) is 4.02. The highest BCUT2D eigenvalue weighted by Gasteiger charge is 2.62. The molecule has 1 aliphatic carbocycles. The van der Waals surface area contributed by atoms with Crippen molar-refractivity contribution >= 4 is 5.97 Å². The molecule has 0 amide bonds. The van der Waals surface area contributed by atoms with Gasteiger partial charge >= 0.3 is 5.97 Å². The third-order valence-electron chi connectivity index (χ3n) is 3.40. The average molecular weight is 169 g/mol. The summed E-state index contributed by atoms with van der Waals surface area (Å²) in [5.74, 6) is -0.0940. The van der Waals surface area contributed by atoms with Crippen molar-refractivity contribution in [3.8, 4) is 0 Å². The third kappa shape index (κ3) is 0.959. The van der Waals surface area contributed by atoms with Crippen molar-refractivity contribution in [3.05, 3.63) is 0 Å². The predicted octanol–water partition coefficient (Wildman–Crippen LogP) is 0.803. The summed E-state index contributed by atoms with van der Waals surface area (Å²) in [5.41, 5.74) is -0.339. The summed E-state index contributed by atoms with van der Waals surface area (Å²) in [6.45, 7) is 4.96. The number of nitrogens with zero attached hydrogens (tertiary/aromatic N) is 1. The fraction of sp³-hybridized carbons (Fsp3) is 0.889. The molecule has 1 aliphatic heterocycles. The van der Waals surface area contributed by atoms with Gasteiger partial charge in [0, 0.05) is 6.54 Å². The van der Waals surface area contributed by atoms with Crippen LogP contribution in [0, 0.1) is 11.3 Å². The van der Waals surface area contributed by atoms with Crippen molar-refractivity contribution in [2.45, 2.75) is 19.8 Å². The topological polar surface area (TPSA) is 40.5 Å². The Bertz CT molecular complexity index is 217. The van der Waals surface area contributed by atoms with Gasteiger partial charge in [-0.1, -0.05) is 6.92 Å². The molecule has 0 spiro atoms. The molecular formula is C9H15NO2. The highest BCUT2D eigenvalue weighted by atomic mass is 16.4. The zero-order valence-electron chi connectivity index (χ0n) is 7.42. The number of likely N-dealkylation sites (tertiary alicyclic amines) is 1. The number of piperidine rings is 1. The first kappa shape index (κ1) is 8.05. The van der Waals surface area contributed by atoms with E-state index in [1.807, 2.05) is 0 Å². The van der Waals surface area contributed by atoms with E-state index in [1.165, 1.54) is 0 Å². The van der Waals surface area contributed by atoms with Gasteiger partial charge in [-0.05, 0) is 31.8 Å². The molecule has 0 bridgehead atoms. The van der Waals surface area contributed by atoms with Gasteiger partial charge in [-0.25, -0.2) is 0 Å². The number of rotatable bonds is 2. The Kier molecular flexibility index (Phi) is 1.65. The van der Waals surface area contributed by atoms with Crippen molar-refractivity contribution in [3.63, 3.8) is 0 Å². The lowest BCUT2D eigenvalue weighted by Gasteiger charge is -2.29. The molecule has 2 rings (SSSR count). The normalized spacial score (nSPS) is 40.6. The first-order valence-electron chi connectivity index (χ1n) is 4.65. The zero-order valence-corrected chi connectivity index (χ0v) is 7.42.